The Hall–Kier alpha value is -1.75. The van der Waals surface area contributed by atoms with Gasteiger partial charge in [-0.1, -0.05) is 6.07 Å². The van der Waals surface area contributed by atoms with E-state index < -0.39 is 0 Å². The van der Waals surface area contributed by atoms with Crippen LogP contribution in [0.5, 0.6) is 0 Å². The zero-order valence-corrected chi connectivity index (χ0v) is 11.4. The molecule has 1 aliphatic heterocycles. The fourth-order valence-electron chi connectivity index (χ4n) is 2.41. The van der Waals surface area contributed by atoms with Crippen LogP contribution in [0.3, 0.4) is 0 Å². The standard InChI is InChI=1S/C14H19N5/c1-9-3-4-12(16-10(9)2)14-17-13(18-19-14)11-5-7-15-8-6-11/h3-4,11,15H,5-8H2,1-2H3,(H,17,18,19). The van der Waals surface area contributed by atoms with Gasteiger partial charge in [-0.05, 0) is 51.4 Å². The summed E-state index contributed by atoms with van der Waals surface area (Å²) in [5, 5.41) is 10.7. The summed E-state index contributed by atoms with van der Waals surface area (Å²) in [6, 6.07) is 4.07. The van der Waals surface area contributed by atoms with Gasteiger partial charge in [-0.3, -0.25) is 5.10 Å². The summed E-state index contributed by atoms with van der Waals surface area (Å²) in [4.78, 5) is 9.17. The largest absolute Gasteiger partial charge is 0.317 e. The van der Waals surface area contributed by atoms with E-state index in [9.17, 15) is 0 Å². The minimum atomic E-state index is 0.470. The molecule has 19 heavy (non-hydrogen) atoms. The summed E-state index contributed by atoms with van der Waals surface area (Å²) in [6.45, 7) is 6.18. The predicted octanol–water partition coefficient (Wildman–Crippen LogP) is 1.95. The maximum atomic E-state index is 4.62. The van der Waals surface area contributed by atoms with Crippen molar-refractivity contribution >= 4 is 0 Å². The van der Waals surface area contributed by atoms with Gasteiger partial charge in [-0.25, -0.2) is 9.97 Å². The Balaban J connectivity index is 1.85. The average Bonchev–Trinajstić information content (AvgIpc) is 2.93. The Morgan fingerprint density at radius 2 is 1.89 bits per heavy atom. The van der Waals surface area contributed by atoms with E-state index in [2.05, 4.69) is 38.5 Å². The quantitative estimate of drug-likeness (QED) is 0.863. The van der Waals surface area contributed by atoms with Crippen molar-refractivity contribution in [3.8, 4) is 11.5 Å². The van der Waals surface area contributed by atoms with Gasteiger partial charge >= 0.3 is 0 Å². The summed E-state index contributed by atoms with van der Waals surface area (Å²) in [5.74, 6) is 2.17. The van der Waals surface area contributed by atoms with Gasteiger partial charge in [0.1, 0.15) is 5.69 Å². The predicted molar refractivity (Wildman–Crippen MR) is 73.9 cm³/mol. The van der Waals surface area contributed by atoms with E-state index in [1.807, 2.05) is 13.0 Å². The number of aromatic amines is 1. The third-order valence-electron chi connectivity index (χ3n) is 3.80. The Kier molecular flexibility index (Phi) is 3.29. The zero-order valence-electron chi connectivity index (χ0n) is 11.4. The molecule has 3 heterocycles. The molecule has 0 amide bonds. The van der Waals surface area contributed by atoms with E-state index in [4.69, 9.17) is 0 Å². The summed E-state index contributed by atoms with van der Waals surface area (Å²) in [5.41, 5.74) is 3.11. The average molecular weight is 257 g/mol. The molecule has 100 valence electrons. The molecule has 2 aromatic rings. The molecule has 0 spiro atoms. The van der Waals surface area contributed by atoms with Gasteiger partial charge < -0.3 is 5.32 Å². The smallest absolute Gasteiger partial charge is 0.174 e. The van der Waals surface area contributed by atoms with E-state index in [1.54, 1.807) is 0 Å². The van der Waals surface area contributed by atoms with Gasteiger partial charge in [-0.15, -0.1) is 0 Å². The maximum Gasteiger partial charge on any atom is 0.174 e. The van der Waals surface area contributed by atoms with Crippen LogP contribution in [0.1, 0.15) is 35.8 Å². The summed E-state index contributed by atoms with van der Waals surface area (Å²) in [6.07, 6.45) is 2.22. The Morgan fingerprint density at radius 1 is 1.11 bits per heavy atom. The molecule has 0 unspecified atom stereocenters. The minimum absolute atomic E-state index is 0.470. The SMILES string of the molecule is Cc1ccc(-c2nc(C3CCNCC3)n[nH]2)nc1C. The van der Waals surface area contributed by atoms with Crippen LogP contribution in [0.15, 0.2) is 12.1 Å². The van der Waals surface area contributed by atoms with Crippen LogP contribution < -0.4 is 5.32 Å². The van der Waals surface area contributed by atoms with Gasteiger partial charge in [-0.2, -0.15) is 5.10 Å². The number of nitrogens with one attached hydrogen (secondary N) is 2. The van der Waals surface area contributed by atoms with Crippen LogP contribution >= 0.6 is 0 Å². The molecule has 5 nitrogen and oxygen atoms in total. The molecular formula is C14H19N5. The zero-order chi connectivity index (χ0) is 13.2. The van der Waals surface area contributed by atoms with E-state index in [0.29, 0.717) is 5.92 Å². The monoisotopic (exact) mass is 257 g/mol. The highest BCUT2D eigenvalue weighted by Crippen LogP contribution is 2.23. The van der Waals surface area contributed by atoms with Crippen LogP contribution in [0, 0.1) is 13.8 Å². The second-order valence-corrected chi connectivity index (χ2v) is 5.17. The third kappa shape index (κ3) is 2.51. The normalized spacial score (nSPS) is 16.7. The molecule has 0 radical (unpaired) electrons. The summed E-state index contributed by atoms with van der Waals surface area (Å²) < 4.78 is 0. The number of hydrogen-bond acceptors (Lipinski definition) is 4. The molecule has 5 heteroatoms. The van der Waals surface area contributed by atoms with Gasteiger partial charge in [0.25, 0.3) is 0 Å². The van der Waals surface area contributed by atoms with Gasteiger partial charge in [0, 0.05) is 11.6 Å². The van der Waals surface area contributed by atoms with E-state index in [1.165, 1.54) is 5.56 Å². The molecule has 0 aromatic carbocycles. The lowest BCUT2D eigenvalue weighted by atomic mass is 9.98. The van der Waals surface area contributed by atoms with Crippen molar-refractivity contribution in [2.75, 3.05) is 13.1 Å². The summed E-state index contributed by atoms with van der Waals surface area (Å²) >= 11 is 0. The number of piperidine rings is 1. The van der Waals surface area contributed by atoms with Crippen LogP contribution in [0.2, 0.25) is 0 Å². The number of pyridine rings is 1. The van der Waals surface area contributed by atoms with Crippen molar-refractivity contribution in [2.24, 2.45) is 0 Å². The molecule has 2 N–H and O–H groups in total. The number of rotatable bonds is 2. The minimum Gasteiger partial charge on any atom is -0.317 e. The lowest BCUT2D eigenvalue weighted by molar-refractivity contribution is 0.446. The molecule has 0 bridgehead atoms. The lowest BCUT2D eigenvalue weighted by Gasteiger charge is -2.19. The molecular weight excluding hydrogens is 238 g/mol. The molecule has 3 rings (SSSR count). The van der Waals surface area contributed by atoms with Crippen LogP contribution in [-0.4, -0.2) is 33.3 Å². The second kappa shape index (κ2) is 5.09. The molecule has 2 aromatic heterocycles. The van der Waals surface area contributed by atoms with Crippen molar-refractivity contribution in [3.05, 3.63) is 29.2 Å². The van der Waals surface area contributed by atoms with E-state index >= 15 is 0 Å². The molecule has 1 fully saturated rings. The number of aromatic nitrogens is 4. The number of H-pyrrole nitrogens is 1. The highest BCUT2D eigenvalue weighted by Gasteiger charge is 2.20. The third-order valence-corrected chi connectivity index (χ3v) is 3.80. The molecule has 0 atom stereocenters. The van der Waals surface area contributed by atoms with Crippen LogP contribution in [0.25, 0.3) is 11.5 Å². The van der Waals surface area contributed by atoms with Gasteiger partial charge in [0.15, 0.2) is 11.6 Å². The first-order valence-electron chi connectivity index (χ1n) is 6.81. The Labute approximate surface area is 112 Å². The van der Waals surface area contributed by atoms with E-state index in [0.717, 1.165) is 49.0 Å². The second-order valence-electron chi connectivity index (χ2n) is 5.17. The van der Waals surface area contributed by atoms with E-state index in [-0.39, 0.29) is 0 Å². The molecule has 0 saturated carbocycles. The van der Waals surface area contributed by atoms with Gasteiger partial charge in [0.05, 0.1) is 0 Å². The lowest BCUT2D eigenvalue weighted by Crippen LogP contribution is -2.27. The topological polar surface area (TPSA) is 66.5 Å². The van der Waals surface area contributed by atoms with Gasteiger partial charge in [0.2, 0.25) is 0 Å². The molecule has 0 aliphatic carbocycles. The fourth-order valence-corrected chi connectivity index (χ4v) is 2.41. The number of aryl methyl sites for hydroxylation is 2. The number of nitrogens with zero attached hydrogens (tertiary/aromatic N) is 3. The van der Waals surface area contributed by atoms with Crippen molar-refractivity contribution < 1.29 is 0 Å². The van der Waals surface area contributed by atoms with Crippen LogP contribution in [0.4, 0.5) is 0 Å². The maximum absolute atomic E-state index is 4.62. The highest BCUT2D eigenvalue weighted by atomic mass is 15.2. The van der Waals surface area contributed by atoms with Crippen molar-refractivity contribution in [3.63, 3.8) is 0 Å². The summed E-state index contributed by atoms with van der Waals surface area (Å²) in [7, 11) is 0. The number of hydrogen-bond donors (Lipinski definition) is 2. The van der Waals surface area contributed by atoms with Crippen molar-refractivity contribution in [2.45, 2.75) is 32.6 Å². The van der Waals surface area contributed by atoms with Crippen LogP contribution in [-0.2, 0) is 0 Å². The molecule has 1 aliphatic rings. The first-order valence-corrected chi connectivity index (χ1v) is 6.81. The first-order chi connectivity index (χ1) is 9.24. The highest BCUT2D eigenvalue weighted by molar-refractivity contribution is 5.49. The Morgan fingerprint density at radius 3 is 2.63 bits per heavy atom. The first kappa shape index (κ1) is 12.3. The van der Waals surface area contributed by atoms with Crippen molar-refractivity contribution in [1.82, 2.24) is 25.5 Å². The van der Waals surface area contributed by atoms with Crippen molar-refractivity contribution in [1.29, 1.82) is 0 Å². The Bertz CT molecular complexity index is 569. The molecule has 1 saturated heterocycles. The fraction of sp³-hybridized carbons (Fsp3) is 0.500.